The van der Waals surface area contributed by atoms with Crippen LogP contribution in [0.3, 0.4) is 0 Å². The summed E-state index contributed by atoms with van der Waals surface area (Å²) < 4.78 is 5.07. The van der Waals surface area contributed by atoms with Gasteiger partial charge in [0.25, 0.3) is 5.91 Å². The third kappa shape index (κ3) is 4.83. The summed E-state index contributed by atoms with van der Waals surface area (Å²) in [6.45, 7) is 3.24. The lowest BCUT2D eigenvalue weighted by molar-refractivity contribution is 0.0951. The Balaban J connectivity index is 1.88. The van der Waals surface area contributed by atoms with E-state index in [0.29, 0.717) is 18.7 Å². The molecule has 0 aliphatic carbocycles. The van der Waals surface area contributed by atoms with Crippen molar-refractivity contribution in [1.82, 2.24) is 5.32 Å². The van der Waals surface area contributed by atoms with E-state index in [1.165, 1.54) is 0 Å². The molecule has 2 rings (SSSR count). The van der Waals surface area contributed by atoms with Crippen LogP contribution in [0.4, 0.5) is 5.69 Å². The van der Waals surface area contributed by atoms with Gasteiger partial charge >= 0.3 is 0 Å². The zero-order valence-electron chi connectivity index (χ0n) is 14.0. The number of hydrogen-bond donors (Lipinski definition) is 1. The molecule has 122 valence electrons. The molecule has 0 heterocycles. The number of para-hydroxylation sites is 1. The molecule has 2 aromatic carbocycles. The van der Waals surface area contributed by atoms with Gasteiger partial charge in [0, 0.05) is 38.0 Å². The van der Waals surface area contributed by atoms with Gasteiger partial charge in [0.15, 0.2) is 0 Å². The van der Waals surface area contributed by atoms with Crippen LogP contribution >= 0.6 is 0 Å². The Hall–Kier alpha value is -2.33. The van der Waals surface area contributed by atoms with Gasteiger partial charge in [-0.3, -0.25) is 4.79 Å². The molecule has 2 aromatic rings. The smallest absolute Gasteiger partial charge is 0.251 e. The van der Waals surface area contributed by atoms with Gasteiger partial charge in [-0.05, 0) is 36.8 Å². The fourth-order valence-electron chi connectivity index (χ4n) is 2.32. The van der Waals surface area contributed by atoms with Crippen molar-refractivity contribution in [3.8, 4) is 0 Å². The Morgan fingerprint density at radius 2 is 1.78 bits per heavy atom. The van der Waals surface area contributed by atoms with E-state index in [0.717, 1.165) is 11.3 Å². The molecular weight excluding hydrogens is 288 g/mol. The first-order valence-corrected chi connectivity index (χ1v) is 7.75. The van der Waals surface area contributed by atoms with Crippen molar-refractivity contribution in [2.24, 2.45) is 0 Å². The minimum absolute atomic E-state index is 0.0534. The number of likely N-dealkylation sites (N-methyl/N-ethyl adjacent to an activating group) is 1. The average molecular weight is 312 g/mol. The SMILES string of the molecule is COCc1ccc(C(=O)NCC(C)N(C)c2ccccc2)cc1. The van der Waals surface area contributed by atoms with Crippen molar-refractivity contribution in [3.63, 3.8) is 0 Å². The van der Waals surface area contributed by atoms with Gasteiger partial charge in [0.1, 0.15) is 0 Å². The number of rotatable bonds is 7. The zero-order chi connectivity index (χ0) is 16.7. The standard InChI is InChI=1S/C19H24N2O2/c1-15(21(2)18-7-5-4-6-8-18)13-20-19(22)17-11-9-16(10-12-17)14-23-3/h4-12,15H,13-14H2,1-3H3,(H,20,22). The molecule has 0 aromatic heterocycles. The lowest BCUT2D eigenvalue weighted by Crippen LogP contribution is -2.40. The predicted molar refractivity (Wildman–Crippen MR) is 93.8 cm³/mol. The van der Waals surface area contributed by atoms with Crippen LogP contribution in [0.25, 0.3) is 0 Å². The number of amides is 1. The molecule has 4 nitrogen and oxygen atoms in total. The number of anilines is 1. The van der Waals surface area contributed by atoms with E-state index >= 15 is 0 Å². The van der Waals surface area contributed by atoms with Crippen LogP contribution in [-0.4, -0.2) is 32.7 Å². The topological polar surface area (TPSA) is 41.6 Å². The number of methoxy groups -OCH3 is 1. The first-order chi connectivity index (χ1) is 11.1. The summed E-state index contributed by atoms with van der Waals surface area (Å²) in [6.07, 6.45) is 0. The van der Waals surface area contributed by atoms with Crippen molar-refractivity contribution in [2.75, 3.05) is 25.6 Å². The van der Waals surface area contributed by atoms with Gasteiger partial charge in [-0.2, -0.15) is 0 Å². The second-order valence-corrected chi connectivity index (χ2v) is 5.64. The monoisotopic (exact) mass is 312 g/mol. The summed E-state index contributed by atoms with van der Waals surface area (Å²) in [6, 6.07) is 17.8. The van der Waals surface area contributed by atoms with Crippen molar-refractivity contribution in [3.05, 3.63) is 65.7 Å². The van der Waals surface area contributed by atoms with Crippen LogP contribution < -0.4 is 10.2 Å². The molecule has 0 spiro atoms. The average Bonchev–Trinajstić information content (AvgIpc) is 2.60. The Bertz CT molecular complexity index is 611. The molecule has 23 heavy (non-hydrogen) atoms. The van der Waals surface area contributed by atoms with Gasteiger partial charge in [-0.25, -0.2) is 0 Å². The highest BCUT2D eigenvalue weighted by molar-refractivity contribution is 5.94. The maximum Gasteiger partial charge on any atom is 0.251 e. The summed E-state index contributed by atoms with van der Waals surface area (Å²) >= 11 is 0. The largest absolute Gasteiger partial charge is 0.380 e. The van der Waals surface area contributed by atoms with Gasteiger partial charge in [0.05, 0.1) is 6.61 Å². The second-order valence-electron chi connectivity index (χ2n) is 5.64. The first-order valence-electron chi connectivity index (χ1n) is 7.75. The fraction of sp³-hybridized carbons (Fsp3) is 0.316. The fourth-order valence-corrected chi connectivity index (χ4v) is 2.32. The van der Waals surface area contributed by atoms with Crippen LogP contribution in [-0.2, 0) is 11.3 Å². The molecular formula is C19H24N2O2. The van der Waals surface area contributed by atoms with E-state index < -0.39 is 0 Å². The lowest BCUT2D eigenvalue weighted by Gasteiger charge is -2.27. The van der Waals surface area contributed by atoms with Crippen molar-refractivity contribution >= 4 is 11.6 Å². The molecule has 1 N–H and O–H groups in total. The van der Waals surface area contributed by atoms with Crippen LogP contribution in [0.15, 0.2) is 54.6 Å². The molecule has 1 amide bonds. The lowest BCUT2D eigenvalue weighted by atomic mass is 10.1. The summed E-state index contributed by atoms with van der Waals surface area (Å²) in [5, 5.41) is 2.99. The van der Waals surface area contributed by atoms with Crippen molar-refractivity contribution in [2.45, 2.75) is 19.6 Å². The number of benzene rings is 2. The maximum atomic E-state index is 12.2. The third-order valence-electron chi connectivity index (χ3n) is 3.91. The Labute approximate surface area is 138 Å². The third-order valence-corrected chi connectivity index (χ3v) is 3.91. The number of ether oxygens (including phenoxy) is 1. The highest BCUT2D eigenvalue weighted by Gasteiger charge is 2.12. The molecule has 1 atom stereocenters. The molecule has 0 bridgehead atoms. The predicted octanol–water partition coefficient (Wildman–Crippen LogP) is 3.09. The number of nitrogens with zero attached hydrogens (tertiary/aromatic N) is 1. The number of nitrogens with one attached hydrogen (secondary N) is 1. The van der Waals surface area contributed by atoms with E-state index in [9.17, 15) is 4.79 Å². The van der Waals surface area contributed by atoms with Crippen LogP contribution in [0, 0.1) is 0 Å². The van der Waals surface area contributed by atoms with E-state index in [1.54, 1.807) is 7.11 Å². The quantitative estimate of drug-likeness (QED) is 0.854. The maximum absolute atomic E-state index is 12.2. The first kappa shape index (κ1) is 17.0. The summed E-state index contributed by atoms with van der Waals surface area (Å²) in [4.78, 5) is 14.4. The highest BCUT2D eigenvalue weighted by atomic mass is 16.5. The van der Waals surface area contributed by atoms with Crippen molar-refractivity contribution < 1.29 is 9.53 Å². The van der Waals surface area contributed by atoms with Gasteiger partial charge in [0.2, 0.25) is 0 Å². The van der Waals surface area contributed by atoms with E-state index in [1.807, 2.05) is 49.5 Å². The number of carbonyl (C=O) groups is 1. The molecule has 0 radical (unpaired) electrons. The molecule has 0 saturated heterocycles. The number of carbonyl (C=O) groups excluding carboxylic acids is 1. The molecule has 0 aliphatic rings. The molecule has 4 heteroatoms. The minimum atomic E-state index is -0.0534. The Morgan fingerprint density at radius 1 is 1.13 bits per heavy atom. The van der Waals surface area contributed by atoms with Crippen LogP contribution in [0.2, 0.25) is 0 Å². The van der Waals surface area contributed by atoms with E-state index in [-0.39, 0.29) is 11.9 Å². The molecule has 0 saturated carbocycles. The Morgan fingerprint density at radius 3 is 2.39 bits per heavy atom. The molecule has 0 aliphatic heterocycles. The van der Waals surface area contributed by atoms with E-state index in [2.05, 4.69) is 29.3 Å². The van der Waals surface area contributed by atoms with Crippen LogP contribution in [0.5, 0.6) is 0 Å². The molecule has 1 unspecified atom stereocenters. The normalized spacial score (nSPS) is 11.8. The molecule has 0 fully saturated rings. The summed E-state index contributed by atoms with van der Waals surface area (Å²) in [5.41, 5.74) is 2.86. The number of hydrogen-bond acceptors (Lipinski definition) is 3. The minimum Gasteiger partial charge on any atom is -0.380 e. The second kappa shape index (κ2) is 8.34. The van der Waals surface area contributed by atoms with Gasteiger partial charge in [-0.15, -0.1) is 0 Å². The zero-order valence-corrected chi connectivity index (χ0v) is 14.0. The summed E-state index contributed by atoms with van der Waals surface area (Å²) in [7, 11) is 3.69. The summed E-state index contributed by atoms with van der Waals surface area (Å²) in [5.74, 6) is -0.0534. The van der Waals surface area contributed by atoms with E-state index in [4.69, 9.17) is 4.74 Å². The highest BCUT2D eigenvalue weighted by Crippen LogP contribution is 2.13. The van der Waals surface area contributed by atoms with Gasteiger partial charge in [-0.1, -0.05) is 30.3 Å². The Kier molecular flexibility index (Phi) is 6.18. The van der Waals surface area contributed by atoms with Crippen LogP contribution in [0.1, 0.15) is 22.8 Å². The van der Waals surface area contributed by atoms with Gasteiger partial charge < -0.3 is 15.0 Å². The van der Waals surface area contributed by atoms with Crippen molar-refractivity contribution in [1.29, 1.82) is 0 Å².